The van der Waals surface area contributed by atoms with Gasteiger partial charge in [0.2, 0.25) is 0 Å². The van der Waals surface area contributed by atoms with E-state index in [0.717, 1.165) is 6.42 Å². The van der Waals surface area contributed by atoms with Crippen molar-refractivity contribution in [3.63, 3.8) is 0 Å². The van der Waals surface area contributed by atoms with E-state index in [4.69, 9.17) is 45.3 Å². The Morgan fingerprint density at radius 3 is 2.73 bits per heavy atom. The van der Waals surface area contributed by atoms with Crippen LogP contribution in [0, 0.1) is 5.82 Å². The van der Waals surface area contributed by atoms with Gasteiger partial charge >= 0.3 is 0 Å². The summed E-state index contributed by atoms with van der Waals surface area (Å²) in [5, 5.41) is 3.12. The number of aryl methyl sites for hydroxylation is 1. The van der Waals surface area contributed by atoms with Gasteiger partial charge in [0.05, 0.1) is 5.02 Å². The molecule has 158 valence electrons. The molecule has 0 bridgehead atoms. The number of anilines is 1. The van der Waals surface area contributed by atoms with E-state index in [1.54, 1.807) is 0 Å². The molecule has 6 nitrogen and oxygen atoms in total. The van der Waals surface area contributed by atoms with Crippen molar-refractivity contribution in [3.05, 3.63) is 68.4 Å². The molecule has 0 saturated carbocycles. The van der Waals surface area contributed by atoms with Gasteiger partial charge in [-0.2, -0.15) is 0 Å². The van der Waals surface area contributed by atoms with Crippen molar-refractivity contribution < 1.29 is 13.9 Å². The quantitative estimate of drug-likeness (QED) is 0.382. The first-order valence-corrected chi connectivity index (χ1v) is 10.1. The highest BCUT2D eigenvalue weighted by atomic mass is 35.5. The number of hydrogen-bond donors (Lipinski definition) is 3. The fraction of sp³-hybridized carbons (Fsp3) is 0.200. The predicted molar refractivity (Wildman–Crippen MR) is 116 cm³/mol. The largest absolute Gasteiger partial charge is 0.453 e. The van der Waals surface area contributed by atoms with E-state index in [1.165, 1.54) is 30.3 Å². The zero-order valence-corrected chi connectivity index (χ0v) is 18.1. The zero-order valence-electron chi connectivity index (χ0n) is 15.9. The molecule has 4 N–H and O–H groups in total. The number of imidazole rings is 1. The van der Waals surface area contributed by atoms with Crippen LogP contribution in [0.3, 0.4) is 0 Å². The fourth-order valence-electron chi connectivity index (χ4n) is 2.73. The molecule has 1 aromatic heterocycles. The standard InChI is InChI=1S/C20H18Cl3FN4O2/c1-2-3-15-27-17(19(23)28-15)20(29)26-9-10-4-5-14(22)18(16(10)24)30-13-7-11(21)6-12(25)8-13/h4-8H,2-3,9,25H2,1H3,(H,26,29)(H,27,28). The molecule has 0 atom stereocenters. The van der Waals surface area contributed by atoms with Gasteiger partial charge in [-0.15, -0.1) is 0 Å². The van der Waals surface area contributed by atoms with Crippen LogP contribution in [-0.2, 0) is 13.0 Å². The highest BCUT2D eigenvalue weighted by Gasteiger charge is 2.19. The second kappa shape index (κ2) is 9.55. The zero-order chi connectivity index (χ0) is 21.8. The molecule has 0 saturated heterocycles. The van der Waals surface area contributed by atoms with Crippen LogP contribution in [0.4, 0.5) is 10.1 Å². The minimum atomic E-state index is -0.721. The van der Waals surface area contributed by atoms with Crippen molar-refractivity contribution in [2.75, 3.05) is 5.73 Å². The van der Waals surface area contributed by atoms with Crippen LogP contribution in [0.1, 0.15) is 35.2 Å². The van der Waals surface area contributed by atoms with Gasteiger partial charge in [-0.05, 0) is 24.6 Å². The number of nitrogens with zero attached hydrogens (tertiary/aromatic N) is 1. The van der Waals surface area contributed by atoms with Gasteiger partial charge in [0.25, 0.3) is 5.91 Å². The molecule has 0 aliphatic heterocycles. The maximum Gasteiger partial charge on any atom is 0.273 e. The van der Waals surface area contributed by atoms with E-state index in [2.05, 4.69) is 15.3 Å². The van der Waals surface area contributed by atoms with Crippen LogP contribution < -0.4 is 15.8 Å². The summed E-state index contributed by atoms with van der Waals surface area (Å²) in [6.07, 6.45) is 1.51. The van der Waals surface area contributed by atoms with Crippen molar-refractivity contribution in [3.8, 4) is 11.5 Å². The SMILES string of the molecule is CCCc1nc(C(=O)NCc2ccc(Cl)c(Oc3cc(N)cc(Cl)c3)c2F)c(Cl)[nH]1. The Bertz CT molecular complexity index is 1070. The molecule has 0 spiro atoms. The summed E-state index contributed by atoms with van der Waals surface area (Å²) in [7, 11) is 0. The van der Waals surface area contributed by atoms with E-state index >= 15 is 0 Å². The molecule has 10 heteroatoms. The van der Waals surface area contributed by atoms with Gasteiger partial charge in [0.15, 0.2) is 17.3 Å². The van der Waals surface area contributed by atoms with Crippen LogP contribution in [0.15, 0.2) is 30.3 Å². The first-order chi connectivity index (χ1) is 14.3. The Hall–Kier alpha value is -2.48. The predicted octanol–water partition coefficient (Wildman–Crippen LogP) is 5.77. The highest BCUT2D eigenvalue weighted by molar-refractivity contribution is 6.32. The molecule has 1 amide bonds. The van der Waals surface area contributed by atoms with Crippen LogP contribution in [0.25, 0.3) is 0 Å². The summed E-state index contributed by atoms with van der Waals surface area (Å²) >= 11 is 18.1. The maximum atomic E-state index is 15.0. The van der Waals surface area contributed by atoms with E-state index in [1.807, 2.05) is 6.92 Å². The molecular formula is C20H18Cl3FN4O2. The van der Waals surface area contributed by atoms with Crippen LogP contribution in [0.2, 0.25) is 15.2 Å². The normalized spacial score (nSPS) is 10.8. The number of H-pyrrole nitrogens is 1. The lowest BCUT2D eigenvalue weighted by molar-refractivity contribution is 0.0946. The van der Waals surface area contributed by atoms with E-state index in [-0.39, 0.29) is 39.5 Å². The summed E-state index contributed by atoms with van der Waals surface area (Å²) in [4.78, 5) is 19.4. The van der Waals surface area contributed by atoms with E-state index < -0.39 is 11.7 Å². The fourth-order valence-corrected chi connectivity index (χ4v) is 3.38. The van der Waals surface area contributed by atoms with Crippen LogP contribution in [0.5, 0.6) is 11.5 Å². The number of aromatic amines is 1. The summed E-state index contributed by atoms with van der Waals surface area (Å²) < 4.78 is 20.5. The molecule has 30 heavy (non-hydrogen) atoms. The minimum absolute atomic E-state index is 0.0559. The lowest BCUT2D eigenvalue weighted by atomic mass is 10.2. The first kappa shape index (κ1) is 22.2. The van der Waals surface area contributed by atoms with Crippen molar-refractivity contribution in [2.24, 2.45) is 0 Å². The number of halogens is 4. The number of ether oxygens (including phenoxy) is 1. The number of hydrogen-bond acceptors (Lipinski definition) is 4. The molecule has 0 radical (unpaired) electrons. The third kappa shape index (κ3) is 5.16. The van der Waals surface area contributed by atoms with Crippen molar-refractivity contribution in [1.29, 1.82) is 0 Å². The third-order valence-corrected chi connectivity index (χ3v) is 4.88. The minimum Gasteiger partial charge on any atom is -0.453 e. The Balaban J connectivity index is 1.77. The van der Waals surface area contributed by atoms with Gasteiger partial charge in [-0.1, -0.05) is 47.8 Å². The van der Waals surface area contributed by atoms with Crippen molar-refractivity contribution >= 4 is 46.4 Å². The maximum absolute atomic E-state index is 15.0. The van der Waals surface area contributed by atoms with Gasteiger partial charge in [-0.25, -0.2) is 9.37 Å². The van der Waals surface area contributed by atoms with Gasteiger partial charge in [0, 0.05) is 35.3 Å². The van der Waals surface area contributed by atoms with E-state index in [9.17, 15) is 9.18 Å². The number of carbonyl (C=O) groups is 1. The monoisotopic (exact) mass is 470 g/mol. The number of aromatic nitrogens is 2. The molecule has 0 unspecified atom stereocenters. The summed E-state index contributed by atoms with van der Waals surface area (Å²) in [5.41, 5.74) is 6.31. The Morgan fingerprint density at radius 1 is 1.27 bits per heavy atom. The van der Waals surface area contributed by atoms with E-state index in [0.29, 0.717) is 23.0 Å². The van der Waals surface area contributed by atoms with Gasteiger partial charge < -0.3 is 20.8 Å². The number of rotatable bonds is 7. The topological polar surface area (TPSA) is 93.0 Å². The second-order valence-corrected chi connectivity index (χ2v) is 7.67. The number of nitrogen functional groups attached to an aromatic ring is 1. The number of nitrogens with two attached hydrogens (primary N) is 1. The lowest BCUT2D eigenvalue weighted by Crippen LogP contribution is -2.24. The third-order valence-electron chi connectivity index (χ3n) is 4.09. The molecule has 3 rings (SSSR count). The number of amides is 1. The Morgan fingerprint density at radius 2 is 2.03 bits per heavy atom. The molecule has 2 aromatic carbocycles. The number of nitrogens with one attached hydrogen (secondary N) is 2. The lowest BCUT2D eigenvalue weighted by Gasteiger charge is -2.13. The second-order valence-electron chi connectivity index (χ2n) is 6.45. The molecule has 0 fully saturated rings. The summed E-state index contributed by atoms with van der Waals surface area (Å²) in [5.74, 6) is -0.608. The molecular weight excluding hydrogens is 454 g/mol. The van der Waals surface area contributed by atoms with Crippen LogP contribution in [-0.4, -0.2) is 15.9 Å². The van der Waals surface area contributed by atoms with Crippen molar-refractivity contribution in [1.82, 2.24) is 15.3 Å². The number of carbonyl (C=O) groups excluding carboxylic acids is 1. The molecule has 0 aliphatic carbocycles. The number of benzene rings is 2. The average Bonchev–Trinajstić information content (AvgIpc) is 3.04. The molecule has 1 heterocycles. The highest BCUT2D eigenvalue weighted by Crippen LogP contribution is 2.35. The Labute approximate surface area is 187 Å². The van der Waals surface area contributed by atoms with Crippen molar-refractivity contribution in [2.45, 2.75) is 26.3 Å². The van der Waals surface area contributed by atoms with Gasteiger partial charge in [-0.3, -0.25) is 4.79 Å². The summed E-state index contributed by atoms with van der Waals surface area (Å²) in [6, 6.07) is 7.42. The molecule has 0 aliphatic rings. The van der Waals surface area contributed by atoms with Gasteiger partial charge in [0.1, 0.15) is 16.7 Å². The Kier molecular flexibility index (Phi) is 7.07. The smallest absolute Gasteiger partial charge is 0.273 e. The van der Waals surface area contributed by atoms with Crippen LogP contribution >= 0.6 is 34.8 Å². The average molecular weight is 472 g/mol. The summed E-state index contributed by atoms with van der Waals surface area (Å²) in [6.45, 7) is 1.86. The first-order valence-electron chi connectivity index (χ1n) is 9.01. The molecule has 3 aromatic rings.